The zero-order valence-electron chi connectivity index (χ0n) is 19.8. The summed E-state index contributed by atoms with van der Waals surface area (Å²) in [5.41, 5.74) is -0.658. The Morgan fingerprint density at radius 2 is 1.91 bits per heavy atom. The number of nitrogens with one attached hydrogen (secondary N) is 1. The molecule has 0 spiro atoms. The molecule has 32 heavy (non-hydrogen) atoms. The van der Waals surface area contributed by atoms with Crippen LogP contribution in [0.5, 0.6) is 0 Å². The molecule has 0 aromatic carbocycles. The molecule has 2 amide bonds. The number of methoxy groups -OCH3 is 1. The van der Waals surface area contributed by atoms with E-state index in [2.05, 4.69) is 10.3 Å². The smallest absolute Gasteiger partial charge is 0.308 e. The van der Waals surface area contributed by atoms with Crippen molar-refractivity contribution in [1.29, 1.82) is 0 Å². The number of esters is 1. The zero-order chi connectivity index (χ0) is 23.7. The average Bonchev–Trinajstić information content (AvgIpc) is 3.17. The largest absolute Gasteiger partial charge is 0.460 e. The van der Waals surface area contributed by atoms with Gasteiger partial charge in [0, 0.05) is 45.4 Å². The lowest BCUT2D eigenvalue weighted by atomic mass is 9.95. The number of likely N-dealkylation sites (tertiary alicyclic amines) is 1. The number of piperidine rings is 1. The molecule has 1 aromatic heterocycles. The molecule has 0 radical (unpaired) electrons. The van der Waals surface area contributed by atoms with Gasteiger partial charge in [-0.15, -0.1) is 0 Å². The van der Waals surface area contributed by atoms with Crippen LogP contribution in [0.3, 0.4) is 0 Å². The lowest BCUT2D eigenvalue weighted by molar-refractivity contribution is -0.157. The molecule has 1 aromatic rings. The van der Waals surface area contributed by atoms with Gasteiger partial charge in [0.05, 0.1) is 19.6 Å². The molecule has 180 valence electrons. The van der Waals surface area contributed by atoms with Crippen molar-refractivity contribution >= 4 is 17.8 Å². The van der Waals surface area contributed by atoms with E-state index in [0.717, 1.165) is 18.7 Å². The highest BCUT2D eigenvalue weighted by Crippen LogP contribution is 2.27. The Balaban J connectivity index is 1.94. The molecule has 1 aliphatic heterocycles. The van der Waals surface area contributed by atoms with Crippen LogP contribution < -0.4 is 5.32 Å². The van der Waals surface area contributed by atoms with E-state index < -0.39 is 17.6 Å². The summed E-state index contributed by atoms with van der Waals surface area (Å²) >= 11 is 0. The maximum absolute atomic E-state index is 13.0. The Bertz CT molecular complexity index is 765. The highest BCUT2D eigenvalue weighted by molar-refractivity contribution is 5.90. The molecular weight excluding hydrogens is 416 g/mol. The summed E-state index contributed by atoms with van der Waals surface area (Å²) in [5.74, 6) is -0.0186. The predicted molar refractivity (Wildman–Crippen MR) is 117 cm³/mol. The molecule has 2 rings (SSSR count). The van der Waals surface area contributed by atoms with Gasteiger partial charge in [0.25, 0.3) is 0 Å². The maximum Gasteiger partial charge on any atom is 0.308 e. The monoisotopic (exact) mass is 452 g/mol. The normalized spacial score (nSPS) is 16.0. The van der Waals surface area contributed by atoms with Crippen molar-refractivity contribution in [2.75, 3.05) is 33.4 Å². The lowest BCUT2D eigenvalue weighted by Crippen LogP contribution is -2.51. The Kier molecular flexibility index (Phi) is 9.64. The first kappa shape index (κ1) is 25.8. The summed E-state index contributed by atoms with van der Waals surface area (Å²) in [5, 5.41) is 2.60. The number of ether oxygens (including phenoxy) is 3. The Morgan fingerprint density at radius 3 is 2.50 bits per heavy atom. The summed E-state index contributed by atoms with van der Waals surface area (Å²) in [4.78, 5) is 43.1. The fourth-order valence-electron chi connectivity index (χ4n) is 3.67. The van der Waals surface area contributed by atoms with E-state index in [0.29, 0.717) is 33.0 Å². The third-order valence-electron chi connectivity index (χ3n) is 5.05. The van der Waals surface area contributed by atoms with E-state index in [1.807, 2.05) is 10.8 Å². The first-order valence-electron chi connectivity index (χ1n) is 11.0. The Labute approximate surface area is 189 Å². The van der Waals surface area contributed by atoms with Gasteiger partial charge in [0.1, 0.15) is 24.2 Å². The molecule has 1 N–H and O–H groups in total. The molecule has 10 nitrogen and oxygen atoms in total. The van der Waals surface area contributed by atoms with Crippen LogP contribution in [0.2, 0.25) is 0 Å². The van der Waals surface area contributed by atoms with Gasteiger partial charge in [0.15, 0.2) is 0 Å². The predicted octanol–water partition coefficient (Wildman–Crippen LogP) is 1.45. The van der Waals surface area contributed by atoms with Gasteiger partial charge in [-0.25, -0.2) is 4.98 Å². The Hall–Kier alpha value is -2.46. The fraction of sp³-hybridized carbons (Fsp3) is 0.727. The fourth-order valence-corrected chi connectivity index (χ4v) is 3.67. The van der Waals surface area contributed by atoms with E-state index in [4.69, 9.17) is 14.2 Å². The number of amides is 2. The van der Waals surface area contributed by atoms with Crippen LogP contribution >= 0.6 is 0 Å². The van der Waals surface area contributed by atoms with Crippen molar-refractivity contribution in [2.24, 2.45) is 0 Å². The van der Waals surface area contributed by atoms with Crippen LogP contribution in [0, 0.1) is 0 Å². The summed E-state index contributed by atoms with van der Waals surface area (Å²) in [6.07, 6.45) is 4.91. The van der Waals surface area contributed by atoms with Crippen LogP contribution in [0.25, 0.3) is 0 Å². The van der Waals surface area contributed by atoms with E-state index in [9.17, 15) is 14.4 Å². The van der Waals surface area contributed by atoms with Gasteiger partial charge in [-0.2, -0.15) is 0 Å². The number of nitrogens with zero attached hydrogens (tertiary/aromatic N) is 3. The third-order valence-corrected chi connectivity index (χ3v) is 5.05. The molecule has 0 aliphatic carbocycles. The second kappa shape index (κ2) is 12.0. The quantitative estimate of drug-likeness (QED) is 0.422. The van der Waals surface area contributed by atoms with Gasteiger partial charge in [-0.3, -0.25) is 14.4 Å². The van der Waals surface area contributed by atoms with Crippen molar-refractivity contribution in [3.63, 3.8) is 0 Å². The SMILES string of the molecule is COCCOCn1ccnc1C1CCN(C(=O)C(CC(=O)OC(C)(C)C)NC(C)=O)CC1. The molecule has 1 saturated heterocycles. The molecule has 0 saturated carbocycles. The minimum Gasteiger partial charge on any atom is -0.460 e. The standard InChI is InChI=1S/C22H36N4O6/c1-16(27)24-18(14-19(28)32-22(2,3)4)21(29)25-9-6-17(7-10-25)20-23-8-11-26(20)15-31-13-12-30-5/h8,11,17-18H,6-7,9-10,12-15H2,1-5H3,(H,24,27). The number of imidazole rings is 1. The van der Waals surface area contributed by atoms with Gasteiger partial charge in [-0.1, -0.05) is 0 Å². The maximum atomic E-state index is 13.0. The van der Waals surface area contributed by atoms with Crippen molar-refractivity contribution in [3.05, 3.63) is 18.2 Å². The number of carbonyl (C=O) groups excluding carboxylic acids is 3. The molecule has 1 fully saturated rings. The molecule has 10 heteroatoms. The molecule has 1 aliphatic rings. The molecule has 2 heterocycles. The van der Waals surface area contributed by atoms with E-state index in [1.165, 1.54) is 6.92 Å². The summed E-state index contributed by atoms with van der Waals surface area (Å²) in [6, 6.07) is -0.935. The average molecular weight is 453 g/mol. The minimum atomic E-state index is -0.935. The number of hydrogen-bond acceptors (Lipinski definition) is 7. The minimum absolute atomic E-state index is 0.196. The summed E-state index contributed by atoms with van der Waals surface area (Å²) in [6.45, 7) is 9.09. The van der Waals surface area contributed by atoms with E-state index >= 15 is 0 Å². The molecule has 0 bridgehead atoms. The molecular formula is C22H36N4O6. The number of aromatic nitrogens is 2. The highest BCUT2D eigenvalue weighted by Gasteiger charge is 2.33. The molecule has 1 atom stereocenters. The van der Waals surface area contributed by atoms with Gasteiger partial charge >= 0.3 is 5.97 Å². The van der Waals surface area contributed by atoms with E-state index in [-0.39, 0.29) is 24.2 Å². The van der Waals surface area contributed by atoms with Crippen LogP contribution in [-0.2, 0) is 35.3 Å². The van der Waals surface area contributed by atoms with E-state index in [1.54, 1.807) is 39.0 Å². The number of rotatable bonds is 10. The van der Waals surface area contributed by atoms with Gasteiger partial charge < -0.3 is 29.0 Å². The number of carbonyl (C=O) groups is 3. The first-order valence-corrected chi connectivity index (χ1v) is 11.0. The van der Waals surface area contributed by atoms with Gasteiger partial charge in [0.2, 0.25) is 11.8 Å². The second-order valence-electron chi connectivity index (χ2n) is 8.93. The summed E-state index contributed by atoms with van der Waals surface area (Å²) in [7, 11) is 1.63. The molecule has 1 unspecified atom stereocenters. The summed E-state index contributed by atoms with van der Waals surface area (Å²) < 4.78 is 17.9. The van der Waals surface area contributed by atoms with Crippen LogP contribution in [0.1, 0.15) is 58.7 Å². The lowest BCUT2D eigenvalue weighted by Gasteiger charge is -2.34. The van der Waals surface area contributed by atoms with Crippen molar-refractivity contribution in [2.45, 2.75) is 71.2 Å². The van der Waals surface area contributed by atoms with Crippen LogP contribution in [0.15, 0.2) is 12.4 Å². The highest BCUT2D eigenvalue weighted by atomic mass is 16.6. The Morgan fingerprint density at radius 1 is 1.22 bits per heavy atom. The zero-order valence-corrected chi connectivity index (χ0v) is 19.8. The van der Waals surface area contributed by atoms with Crippen LogP contribution in [0.4, 0.5) is 0 Å². The first-order chi connectivity index (χ1) is 15.1. The van der Waals surface area contributed by atoms with Crippen molar-refractivity contribution in [1.82, 2.24) is 19.8 Å². The second-order valence-corrected chi connectivity index (χ2v) is 8.93. The van der Waals surface area contributed by atoms with Crippen LogP contribution in [-0.4, -0.2) is 77.3 Å². The van der Waals surface area contributed by atoms with Crippen molar-refractivity contribution in [3.8, 4) is 0 Å². The topological polar surface area (TPSA) is 112 Å². The van der Waals surface area contributed by atoms with Gasteiger partial charge in [-0.05, 0) is 33.6 Å². The van der Waals surface area contributed by atoms with Crippen molar-refractivity contribution < 1.29 is 28.6 Å². The third kappa shape index (κ3) is 8.23. The number of hydrogen-bond donors (Lipinski definition) is 1.